The molecule has 2 unspecified atom stereocenters. The van der Waals surface area contributed by atoms with Gasteiger partial charge in [0.05, 0.1) is 31.1 Å². The van der Waals surface area contributed by atoms with Gasteiger partial charge in [0.1, 0.15) is 5.82 Å². The molecule has 5 rings (SSSR count). The molecule has 2 aromatic rings. The van der Waals surface area contributed by atoms with Gasteiger partial charge in [-0.05, 0) is 49.4 Å². The summed E-state index contributed by atoms with van der Waals surface area (Å²) in [6.07, 6.45) is 3.01. The molecular weight excluding hydrogens is 460 g/mol. The van der Waals surface area contributed by atoms with Crippen LogP contribution in [0.15, 0.2) is 24.3 Å². The lowest BCUT2D eigenvalue weighted by Gasteiger charge is -2.36. The van der Waals surface area contributed by atoms with E-state index in [-0.39, 0.29) is 30.3 Å². The standard InChI is InChI=1S/C26H34N6O4/c1-16(2)15-35-26(34)31-11-10-21-22(14-31)29-23(17-4-6-18(7-5-17)28-25(33)27-3)30-24(21)32-12-19-8-9-20(13-32)36-19/h4-7,16,19-20H,8-15H2,1-3H3,(H2,27,28,33). The van der Waals surface area contributed by atoms with Crippen LogP contribution in [0, 0.1) is 5.92 Å². The molecule has 3 aliphatic rings. The van der Waals surface area contributed by atoms with Gasteiger partial charge in [-0.1, -0.05) is 13.8 Å². The lowest BCUT2D eigenvalue weighted by atomic mass is 10.0. The van der Waals surface area contributed by atoms with Gasteiger partial charge in [-0.25, -0.2) is 19.6 Å². The highest BCUT2D eigenvalue weighted by atomic mass is 16.6. The summed E-state index contributed by atoms with van der Waals surface area (Å²) in [6.45, 7) is 7.04. The number of nitrogens with zero attached hydrogens (tertiary/aromatic N) is 4. The summed E-state index contributed by atoms with van der Waals surface area (Å²) in [6, 6.07) is 7.19. The molecule has 0 saturated carbocycles. The topological polar surface area (TPSA) is 109 Å². The van der Waals surface area contributed by atoms with Crippen molar-refractivity contribution in [1.82, 2.24) is 20.2 Å². The van der Waals surface area contributed by atoms with Crippen molar-refractivity contribution < 1.29 is 19.1 Å². The highest BCUT2D eigenvalue weighted by Crippen LogP contribution is 2.34. The molecule has 1 aromatic heterocycles. The Bertz CT molecular complexity index is 1110. The Labute approximate surface area is 211 Å². The van der Waals surface area contributed by atoms with Gasteiger partial charge in [0.25, 0.3) is 0 Å². The molecule has 1 aromatic carbocycles. The Morgan fingerprint density at radius 3 is 2.53 bits per heavy atom. The minimum absolute atomic E-state index is 0.235. The minimum Gasteiger partial charge on any atom is -0.449 e. The van der Waals surface area contributed by atoms with E-state index in [1.54, 1.807) is 11.9 Å². The zero-order chi connectivity index (χ0) is 25.2. The Hall–Kier alpha value is -3.40. The maximum absolute atomic E-state index is 12.7. The van der Waals surface area contributed by atoms with E-state index < -0.39 is 0 Å². The van der Waals surface area contributed by atoms with Crippen LogP contribution in [0.4, 0.5) is 21.1 Å². The van der Waals surface area contributed by atoms with Gasteiger partial charge in [-0.2, -0.15) is 0 Å². The molecular formula is C26H34N6O4. The monoisotopic (exact) mass is 494 g/mol. The average molecular weight is 495 g/mol. The number of rotatable bonds is 5. The predicted octanol–water partition coefficient (Wildman–Crippen LogP) is 3.41. The fraction of sp³-hybridized carbons (Fsp3) is 0.538. The molecule has 2 N–H and O–H groups in total. The molecule has 3 amide bonds. The van der Waals surface area contributed by atoms with Crippen molar-refractivity contribution in [2.45, 2.75) is 51.9 Å². The molecule has 2 saturated heterocycles. The number of morpholine rings is 1. The van der Waals surface area contributed by atoms with Crippen LogP contribution in [0.3, 0.4) is 0 Å². The second-order valence-corrected chi connectivity index (χ2v) is 10.1. The fourth-order valence-corrected chi connectivity index (χ4v) is 4.97. The van der Waals surface area contributed by atoms with E-state index in [1.807, 2.05) is 38.1 Å². The van der Waals surface area contributed by atoms with Crippen LogP contribution < -0.4 is 15.5 Å². The minimum atomic E-state index is -0.301. The van der Waals surface area contributed by atoms with Gasteiger partial charge >= 0.3 is 12.1 Å². The van der Waals surface area contributed by atoms with Crippen LogP contribution in [0.1, 0.15) is 37.9 Å². The quantitative estimate of drug-likeness (QED) is 0.656. The lowest BCUT2D eigenvalue weighted by molar-refractivity contribution is 0.0301. The number of carbonyl (C=O) groups is 2. The summed E-state index contributed by atoms with van der Waals surface area (Å²) in [5, 5.41) is 5.31. The molecule has 0 radical (unpaired) electrons. The number of aromatic nitrogens is 2. The van der Waals surface area contributed by atoms with E-state index >= 15 is 0 Å². The normalized spacial score (nSPS) is 20.8. The largest absolute Gasteiger partial charge is 0.449 e. The van der Waals surface area contributed by atoms with Crippen molar-refractivity contribution in [3.63, 3.8) is 0 Å². The Balaban J connectivity index is 1.45. The first-order valence-corrected chi connectivity index (χ1v) is 12.7. The van der Waals surface area contributed by atoms with Crippen LogP contribution in [0.2, 0.25) is 0 Å². The summed E-state index contributed by atoms with van der Waals surface area (Å²) in [5.74, 6) is 1.83. The molecule has 2 bridgehead atoms. The molecule has 36 heavy (non-hydrogen) atoms. The number of fused-ring (bicyclic) bond motifs is 3. The van der Waals surface area contributed by atoms with Gasteiger partial charge in [-0.15, -0.1) is 0 Å². The molecule has 4 heterocycles. The third kappa shape index (κ3) is 5.23. The third-order valence-electron chi connectivity index (χ3n) is 6.81. The number of nitrogens with one attached hydrogen (secondary N) is 2. The molecule has 10 nitrogen and oxygen atoms in total. The second kappa shape index (κ2) is 10.3. The fourth-order valence-electron chi connectivity index (χ4n) is 4.97. The number of ether oxygens (including phenoxy) is 2. The summed E-state index contributed by atoms with van der Waals surface area (Å²) in [7, 11) is 1.58. The third-order valence-corrected chi connectivity index (χ3v) is 6.81. The number of hydrogen-bond donors (Lipinski definition) is 2. The number of benzene rings is 1. The van der Waals surface area contributed by atoms with Crippen LogP contribution in [-0.2, 0) is 22.4 Å². The van der Waals surface area contributed by atoms with Crippen molar-refractivity contribution in [1.29, 1.82) is 0 Å². The van der Waals surface area contributed by atoms with Crippen molar-refractivity contribution in [3.05, 3.63) is 35.5 Å². The molecule has 2 atom stereocenters. The zero-order valence-electron chi connectivity index (χ0n) is 21.1. The van der Waals surface area contributed by atoms with E-state index in [4.69, 9.17) is 19.4 Å². The summed E-state index contributed by atoms with van der Waals surface area (Å²) in [5.41, 5.74) is 3.48. The Kier molecular flexibility index (Phi) is 6.95. The highest BCUT2D eigenvalue weighted by Gasteiger charge is 2.36. The average Bonchev–Trinajstić information content (AvgIpc) is 3.23. The highest BCUT2D eigenvalue weighted by molar-refractivity contribution is 5.89. The van der Waals surface area contributed by atoms with E-state index in [0.29, 0.717) is 37.6 Å². The first-order chi connectivity index (χ1) is 17.4. The van der Waals surface area contributed by atoms with Crippen LogP contribution in [0.25, 0.3) is 11.4 Å². The Morgan fingerprint density at radius 1 is 1.14 bits per heavy atom. The van der Waals surface area contributed by atoms with E-state index in [1.165, 1.54) is 0 Å². The SMILES string of the molecule is CNC(=O)Nc1ccc(-c2nc3c(c(N4CC5CCC(C4)O5)n2)CCN(C(=O)OCC(C)C)C3)cc1. The van der Waals surface area contributed by atoms with Crippen LogP contribution >= 0.6 is 0 Å². The van der Waals surface area contributed by atoms with Crippen LogP contribution in [-0.4, -0.2) is 72.5 Å². The number of carbonyl (C=O) groups excluding carboxylic acids is 2. The summed E-state index contributed by atoms with van der Waals surface area (Å²) in [4.78, 5) is 38.3. The number of amides is 3. The zero-order valence-corrected chi connectivity index (χ0v) is 21.1. The molecule has 192 valence electrons. The van der Waals surface area contributed by atoms with Gasteiger partial charge < -0.3 is 29.9 Å². The van der Waals surface area contributed by atoms with Gasteiger partial charge in [0.15, 0.2) is 5.82 Å². The van der Waals surface area contributed by atoms with Crippen molar-refractivity contribution in [2.75, 3.05) is 43.5 Å². The molecule has 2 fully saturated rings. The first-order valence-electron chi connectivity index (χ1n) is 12.7. The van der Waals surface area contributed by atoms with Crippen LogP contribution in [0.5, 0.6) is 0 Å². The second-order valence-electron chi connectivity index (χ2n) is 10.1. The van der Waals surface area contributed by atoms with Gasteiger partial charge in [0.2, 0.25) is 0 Å². The van der Waals surface area contributed by atoms with Gasteiger partial charge in [-0.3, -0.25) is 0 Å². The number of anilines is 2. The van der Waals surface area contributed by atoms with Crippen molar-refractivity contribution >= 4 is 23.6 Å². The maximum atomic E-state index is 12.7. The molecule has 3 aliphatic heterocycles. The molecule has 0 spiro atoms. The van der Waals surface area contributed by atoms with Crippen molar-refractivity contribution in [3.8, 4) is 11.4 Å². The molecule has 10 heteroatoms. The van der Waals surface area contributed by atoms with E-state index in [2.05, 4.69) is 15.5 Å². The lowest BCUT2D eigenvalue weighted by Crippen LogP contribution is -2.44. The number of hydrogen-bond acceptors (Lipinski definition) is 7. The van der Waals surface area contributed by atoms with E-state index in [0.717, 1.165) is 48.6 Å². The number of urea groups is 1. The van der Waals surface area contributed by atoms with Crippen molar-refractivity contribution in [2.24, 2.45) is 5.92 Å². The summed E-state index contributed by atoms with van der Waals surface area (Å²) < 4.78 is 11.5. The van der Waals surface area contributed by atoms with Gasteiger partial charge in [0, 0.05) is 43.5 Å². The maximum Gasteiger partial charge on any atom is 0.410 e. The Morgan fingerprint density at radius 2 is 1.86 bits per heavy atom. The predicted molar refractivity (Wildman–Crippen MR) is 136 cm³/mol. The molecule has 0 aliphatic carbocycles. The first kappa shape index (κ1) is 24.3. The smallest absolute Gasteiger partial charge is 0.410 e. The summed E-state index contributed by atoms with van der Waals surface area (Å²) >= 11 is 0. The van der Waals surface area contributed by atoms with E-state index in [9.17, 15) is 9.59 Å².